The summed E-state index contributed by atoms with van der Waals surface area (Å²) in [7, 11) is 2.17. The highest BCUT2D eigenvalue weighted by molar-refractivity contribution is 5.93. The van der Waals surface area contributed by atoms with Crippen LogP contribution in [-0.2, 0) is 16.1 Å². The van der Waals surface area contributed by atoms with E-state index in [9.17, 15) is 4.79 Å². The van der Waals surface area contributed by atoms with Crippen LogP contribution in [0.4, 0.5) is 5.69 Å². The largest absolute Gasteiger partial charge is 0.384 e. The second-order valence-electron chi connectivity index (χ2n) is 11.7. The van der Waals surface area contributed by atoms with Crippen LogP contribution in [0, 0.1) is 0 Å². The molecule has 9 heteroatoms. The van der Waals surface area contributed by atoms with Crippen molar-refractivity contribution in [2.24, 2.45) is 0 Å². The molecular formula is C33H47N7O2. The Morgan fingerprint density at radius 3 is 2.57 bits per heavy atom. The molecule has 3 aromatic rings. The highest BCUT2D eigenvalue weighted by Crippen LogP contribution is 2.28. The third-order valence-corrected chi connectivity index (χ3v) is 8.34. The molecule has 0 spiro atoms. The maximum atomic E-state index is 12.3. The van der Waals surface area contributed by atoms with Gasteiger partial charge in [0, 0.05) is 61.8 Å². The Balaban J connectivity index is 1.08. The number of pyridine rings is 2. The number of nitrogens with zero attached hydrogens (tertiary/aromatic N) is 5. The number of likely N-dealkylation sites (tertiary alicyclic amines) is 1. The highest BCUT2D eigenvalue weighted by atomic mass is 16.5. The van der Waals surface area contributed by atoms with Crippen molar-refractivity contribution in [1.29, 1.82) is 0 Å². The number of piperidine rings is 1. The highest BCUT2D eigenvalue weighted by Gasteiger charge is 2.13. The van der Waals surface area contributed by atoms with Crippen LogP contribution >= 0.6 is 0 Å². The maximum Gasteiger partial charge on any atom is 0.246 e. The number of benzene rings is 1. The van der Waals surface area contributed by atoms with Gasteiger partial charge >= 0.3 is 0 Å². The van der Waals surface area contributed by atoms with Gasteiger partial charge < -0.3 is 30.1 Å². The van der Waals surface area contributed by atoms with Gasteiger partial charge in [-0.2, -0.15) is 0 Å². The lowest BCUT2D eigenvalue weighted by molar-refractivity contribution is -0.126. The van der Waals surface area contributed by atoms with E-state index in [1.807, 2.05) is 24.4 Å². The molecule has 2 aliphatic rings. The fourth-order valence-corrected chi connectivity index (χ4v) is 5.83. The maximum absolute atomic E-state index is 12.3. The molecule has 2 N–H and O–H groups in total. The van der Waals surface area contributed by atoms with Gasteiger partial charge in [-0.25, -0.2) is 4.98 Å². The standard InChI is InChI=1S/C33H47N7O2/c1-38-15-6-19-40(22-21-38)20-14-36-33(41)26-42-25-27-7-9-28(10-8-27)31-23-32(29-24-34-13-11-30(29)37-31)35-12-5-18-39-16-3-2-4-17-39/h7-11,13,23-24H,2-6,12,14-22,25-26H2,1H3,(H,35,37)(H,36,41). The number of amides is 1. The lowest BCUT2D eigenvalue weighted by Crippen LogP contribution is -2.38. The van der Waals surface area contributed by atoms with Gasteiger partial charge in [-0.1, -0.05) is 30.7 Å². The number of ether oxygens (including phenoxy) is 1. The molecule has 0 saturated carbocycles. The Morgan fingerprint density at radius 2 is 1.71 bits per heavy atom. The first kappa shape index (κ1) is 30.4. The Hall–Kier alpha value is -3.11. The third-order valence-electron chi connectivity index (χ3n) is 8.34. The van der Waals surface area contributed by atoms with Crippen LogP contribution < -0.4 is 10.6 Å². The summed E-state index contributed by atoms with van der Waals surface area (Å²) in [6, 6.07) is 12.4. The molecular weight excluding hydrogens is 526 g/mol. The Bertz CT molecular complexity index is 1260. The predicted octanol–water partition coefficient (Wildman–Crippen LogP) is 3.86. The predicted molar refractivity (Wildman–Crippen MR) is 170 cm³/mol. The van der Waals surface area contributed by atoms with Crippen LogP contribution in [-0.4, -0.2) is 110 Å². The number of hydrogen-bond donors (Lipinski definition) is 2. The molecule has 0 aliphatic carbocycles. The number of fused-ring (bicyclic) bond motifs is 1. The van der Waals surface area contributed by atoms with E-state index in [1.54, 1.807) is 6.20 Å². The molecule has 2 saturated heterocycles. The fraction of sp³-hybridized carbons (Fsp3) is 0.545. The molecule has 0 radical (unpaired) electrons. The molecule has 1 amide bonds. The van der Waals surface area contributed by atoms with Crippen molar-refractivity contribution in [3.05, 3.63) is 54.4 Å². The molecule has 4 heterocycles. The molecule has 2 aromatic heterocycles. The second-order valence-corrected chi connectivity index (χ2v) is 11.7. The molecule has 0 atom stereocenters. The first-order chi connectivity index (χ1) is 20.6. The number of carbonyl (C=O) groups is 1. The normalized spacial score (nSPS) is 17.3. The lowest BCUT2D eigenvalue weighted by Gasteiger charge is -2.26. The zero-order chi connectivity index (χ0) is 29.0. The summed E-state index contributed by atoms with van der Waals surface area (Å²) < 4.78 is 5.71. The Kier molecular flexibility index (Phi) is 11.5. The number of aromatic nitrogens is 2. The van der Waals surface area contributed by atoms with Crippen molar-refractivity contribution in [3.8, 4) is 11.3 Å². The minimum Gasteiger partial charge on any atom is -0.384 e. The molecule has 0 unspecified atom stereocenters. The molecule has 42 heavy (non-hydrogen) atoms. The first-order valence-corrected chi connectivity index (χ1v) is 15.7. The van der Waals surface area contributed by atoms with Gasteiger partial charge in [-0.15, -0.1) is 0 Å². The molecule has 2 aliphatic heterocycles. The monoisotopic (exact) mass is 573 g/mol. The summed E-state index contributed by atoms with van der Waals surface area (Å²) >= 11 is 0. The van der Waals surface area contributed by atoms with Gasteiger partial charge in [0.25, 0.3) is 0 Å². The minimum atomic E-state index is -0.0654. The zero-order valence-corrected chi connectivity index (χ0v) is 25.2. The fourth-order valence-electron chi connectivity index (χ4n) is 5.83. The average molecular weight is 574 g/mol. The van der Waals surface area contributed by atoms with E-state index in [0.717, 1.165) is 85.6 Å². The van der Waals surface area contributed by atoms with Gasteiger partial charge in [0.15, 0.2) is 0 Å². The molecule has 5 rings (SSSR count). The third kappa shape index (κ3) is 9.19. The van der Waals surface area contributed by atoms with E-state index < -0.39 is 0 Å². The number of rotatable bonds is 13. The van der Waals surface area contributed by atoms with Crippen LogP contribution in [0.25, 0.3) is 22.2 Å². The van der Waals surface area contributed by atoms with E-state index in [4.69, 9.17) is 9.72 Å². The number of anilines is 1. The van der Waals surface area contributed by atoms with E-state index >= 15 is 0 Å². The second kappa shape index (κ2) is 15.9. The smallest absolute Gasteiger partial charge is 0.246 e. The SMILES string of the molecule is CN1CCCN(CCNC(=O)COCc2ccc(-c3cc(NCCCN4CCCCC4)c4cnccc4n3)cc2)CC1. The van der Waals surface area contributed by atoms with Crippen molar-refractivity contribution in [3.63, 3.8) is 0 Å². The minimum absolute atomic E-state index is 0.0654. The van der Waals surface area contributed by atoms with Gasteiger partial charge in [-0.05, 0) is 83.2 Å². The van der Waals surface area contributed by atoms with Crippen molar-refractivity contribution in [1.82, 2.24) is 30.0 Å². The number of nitrogens with one attached hydrogen (secondary N) is 2. The molecule has 1 aromatic carbocycles. The Labute approximate surface area is 250 Å². The van der Waals surface area contributed by atoms with Gasteiger partial charge in [0.1, 0.15) is 6.61 Å². The zero-order valence-electron chi connectivity index (χ0n) is 25.2. The lowest BCUT2D eigenvalue weighted by atomic mass is 10.1. The quantitative estimate of drug-likeness (QED) is 0.298. The van der Waals surface area contributed by atoms with Crippen LogP contribution in [0.3, 0.4) is 0 Å². The Morgan fingerprint density at radius 1 is 0.905 bits per heavy atom. The van der Waals surface area contributed by atoms with Crippen LogP contribution in [0.1, 0.15) is 37.7 Å². The van der Waals surface area contributed by atoms with E-state index in [0.29, 0.717) is 13.2 Å². The molecule has 226 valence electrons. The van der Waals surface area contributed by atoms with E-state index in [2.05, 4.69) is 55.6 Å². The summed E-state index contributed by atoms with van der Waals surface area (Å²) in [6.07, 6.45) is 10.0. The number of carbonyl (C=O) groups excluding carboxylic acids is 1. The van der Waals surface area contributed by atoms with Crippen molar-refractivity contribution >= 4 is 22.5 Å². The van der Waals surface area contributed by atoms with Gasteiger partial charge in [0.2, 0.25) is 5.91 Å². The van der Waals surface area contributed by atoms with Crippen molar-refractivity contribution in [2.75, 3.05) is 84.4 Å². The topological polar surface area (TPSA) is 85.9 Å². The number of hydrogen-bond acceptors (Lipinski definition) is 8. The van der Waals surface area contributed by atoms with E-state index in [1.165, 1.54) is 38.8 Å². The molecule has 9 nitrogen and oxygen atoms in total. The average Bonchev–Trinajstić information content (AvgIpc) is 3.23. The number of likely N-dealkylation sites (N-methyl/N-ethyl adjacent to an activating group) is 1. The summed E-state index contributed by atoms with van der Waals surface area (Å²) in [6.45, 7) is 10.9. The van der Waals surface area contributed by atoms with Crippen LogP contribution in [0.2, 0.25) is 0 Å². The van der Waals surface area contributed by atoms with Gasteiger partial charge in [0.05, 0.1) is 17.8 Å². The van der Waals surface area contributed by atoms with Crippen molar-refractivity contribution in [2.45, 2.75) is 38.7 Å². The summed E-state index contributed by atoms with van der Waals surface area (Å²) in [5.41, 5.74) is 5.01. The first-order valence-electron chi connectivity index (χ1n) is 15.7. The van der Waals surface area contributed by atoms with Gasteiger partial charge in [-0.3, -0.25) is 9.78 Å². The van der Waals surface area contributed by atoms with Crippen molar-refractivity contribution < 1.29 is 9.53 Å². The van der Waals surface area contributed by atoms with E-state index in [-0.39, 0.29) is 12.5 Å². The molecule has 0 bridgehead atoms. The summed E-state index contributed by atoms with van der Waals surface area (Å²) in [4.78, 5) is 28.9. The summed E-state index contributed by atoms with van der Waals surface area (Å²) in [5, 5.41) is 7.69. The van der Waals surface area contributed by atoms with Crippen LogP contribution in [0.5, 0.6) is 0 Å². The van der Waals surface area contributed by atoms with Crippen LogP contribution in [0.15, 0.2) is 48.8 Å². The molecule has 2 fully saturated rings. The summed E-state index contributed by atoms with van der Waals surface area (Å²) in [5.74, 6) is -0.0654.